The minimum atomic E-state index is -4.41. The monoisotopic (exact) mass is 550 g/mol. The number of amides is 1. The van der Waals surface area contributed by atoms with E-state index in [2.05, 4.69) is 15.6 Å². The van der Waals surface area contributed by atoms with Crippen LogP contribution in [0.25, 0.3) is 0 Å². The Balaban J connectivity index is 0.00000480. The molecule has 170 valence electrons. The number of hydrogen-bond acceptors (Lipinski definition) is 3. The molecule has 0 heterocycles. The van der Waals surface area contributed by atoms with Gasteiger partial charge < -0.3 is 20.3 Å². The number of guanidine groups is 1. The van der Waals surface area contributed by atoms with Crippen LogP contribution in [0.1, 0.15) is 16.7 Å². The molecule has 10 heteroatoms. The fraction of sp³-hybridized carbons (Fsp3) is 0.333. The van der Waals surface area contributed by atoms with E-state index in [1.807, 2.05) is 24.3 Å². The number of halogens is 4. The summed E-state index contributed by atoms with van der Waals surface area (Å²) >= 11 is 0. The van der Waals surface area contributed by atoms with Crippen molar-refractivity contribution in [2.45, 2.75) is 19.3 Å². The van der Waals surface area contributed by atoms with Crippen LogP contribution in [0.15, 0.2) is 53.5 Å². The molecule has 0 spiro atoms. The van der Waals surface area contributed by atoms with E-state index in [9.17, 15) is 18.0 Å². The smallest absolute Gasteiger partial charge is 0.416 e. The summed E-state index contributed by atoms with van der Waals surface area (Å²) < 4.78 is 43.9. The Kier molecular flexibility index (Phi) is 10.6. The largest absolute Gasteiger partial charge is 0.497 e. The number of benzene rings is 2. The van der Waals surface area contributed by atoms with Crippen LogP contribution >= 0.6 is 24.0 Å². The number of aliphatic imine (C=N–C) groups is 1. The van der Waals surface area contributed by atoms with Crippen molar-refractivity contribution in [3.8, 4) is 5.75 Å². The standard InChI is InChI=1S/C21H25F3N4O2.HI/c1-28(2)19(29)14-27-20(26-13-16-7-5-9-18(11-16)30-3)25-12-15-6-4-8-17(10-15)21(22,23)24;/h4-11H,12-14H2,1-3H3,(H2,25,26,27);1H. The van der Waals surface area contributed by atoms with Crippen molar-refractivity contribution in [1.29, 1.82) is 0 Å². The zero-order valence-corrected chi connectivity index (χ0v) is 19.8. The highest BCUT2D eigenvalue weighted by molar-refractivity contribution is 14.0. The fourth-order valence-electron chi connectivity index (χ4n) is 2.48. The third-order valence-electron chi connectivity index (χ3n) is 4.17. The molecule has 0 atom stereocenters. The molecule has 6 nitrogen and oxygen atoms in total. The van der Waals surface area contributed by atoms with Gasteiger partial charge in [-0.3, -0.25) is 4.79 Å². The average Bonchev–Trinajstić information content (AvgIpc) is 2.72. The first-order valence-electron chi connectivity index (χ1n) is 9.20. The Bertz CT molecular complexity index is 889. The molecule has 1 amide bonds. The molecule has 2 N–H and O–H groups in total. The van der Waals surface area contributed by atoms with E-state index in [0.29, 0.717) is 23.8 Å². The first-order chi connectivity index (χ1) is 14.2. The van der Waals surface area contributed by atoms with Crippen molar-refractivity contribution in [2.24, 2.45) is 4.99 Å². The van der Waals surface area contributed by atoms with Crippen molar-refractivity contribution < 1.29 is 22.7 Å². The number of nitrogens with one attached hydrogen (secondary N) is 2. The number of nitrogens with zero attached hydrogens (tertiary/aromatic N) is 2. The number of carbonyl (C=O) groups is 1. The number of methoxy groups -OCH3 is 1. The number of ether oxygens (including phenoxy) is 1. The van der Waals surface area contributed by atoms with Gasteiger partial charge in [0.1, 0.15) is 5.75 Å². The molecule has 0 aliphatic carbocycles. The van der Waals surface area contributed by atoms with Gasteiger partial charge in [-0.15, -0.1) is 24.0 Å². The highest BCUT2D eigenvalue weighted by Gasteiger charge is 2.30. The molecule has 0 aliphatic heterocycles. The second-order valence-electron chi connectivity index (χ2n) is 6.71. The van der Waals surface area contributed by atoms with Gasteiger partial charge >= 0.3 is 6.18 Å². The molecular formula is C21H26F3IN4O2. The zero-order chi connectivity index (χ0) is 22.1. The van der Waals surface area contributed by atoms with Gasteiger partial charge in [-0.1, -0.05) is 24.3 Å². The number of alkyl halides is 3. The second kappa shape index (κ2) is 12.4. The summed E-state index contributed by atoms with van der Waals surface area (Å²) in [6.45, 7) is 0.412. The van der Waals surface area contributed by atoms with E-state index in [0.717, 1.165) is 17.7 Å². The van der Waals surface area contributed by atoms with Crippen LogP contribution in [-0.4, -0.2) is 44.5 Å². The van der Waals surface area contributed by atoms with Crippen molar-refractivity contribution in [3.63, 3.8) is 0 Å². The van der Waals surface area contributed by atoms with E-state index >= 15 is 0 Å². The third kappa shape index (κ3) is 9.03. The average molecular weight is 550 g/mol. The normalized spacial score (nSPS) is 11.4. The summed E-state index contributed by atoms with van der Waals surface area (Å²) in [6.07, 6.45) is -4.41. The van der Waals surface area contributed by atoms with Crippen LogP contribution in [0.4, 0.5) is 13.2 Å². The highest BCUT2D eigenvalue weighted by Crippen LogP contribution is 2.29. The molecule has 0 unspecified atom stereocenters. The van der Waals surface area contributed by atoms with Crippen LogP contribution in [0.2, 0.25) is 0 Å². The van der Waals surface area contributed by atoms with Gasteiger partial charge in [0.05, 0.1) is 25.8 Å². The summed E-state index contributed by atoms with van der Waals surface area (Å²) in [5.74, 6) is 0.850. The SMILES string of the molecule is COc1cccc(CNC(=NCc2cccc(C(F)(F)F)c2)NCC(=O)N(C)C)c1.I. The molecule has 0 aromatic heterocycles. The van der Waals surface area contributed by atoms with E-state index < -0.39 is 11.7 Å². The van der Waals surface area contributed by atoms with Crippen LogP contribution in [0.5, 0.6) is 5.75 Å². The van der Waals surface area contributed by atoms with Gasteiger partial charge in [-0.2, -0.15) is 13.2 Å². The van der Waals surface area contributed by atoms with Crippen LogP contribution in [0, 0.1) is 0 Å². The molecule has 0 aliphatic rings. The second-order valence-corrected chi connectivity index (χ2v) is 6.71. The number of rotatable bonds is 7. The van der Waals surface area contributed by atoms with Crippen LogP contribution in [0.3, 0.4) is 0 Å². The summed E-state index contributed by atoms with van der Waals surface area (Å²) in [6, 6.07) is 12.4. The molecule has 0 fully saturated rings. The number of likely N-dealkylation sites (N-methyl/N-ethyl adjacent to an activating group) is 1. The van der Waals surface area contributed by atoms with E-state index in [4.69, 9.17) is 4.74 Å². The quantitative estimate of drug-likeness (QED) is 0.314. The van der Waals surface area contributed by atoms with Gasteiger partial charge in [0.2, 0.25) is 5.91 Å². The summed E-state index contributed by atoms with van der Waals surface area (Å²) in [7, 11) is 4.84. The van der Waals surface area contributed by atoms with Crippen molar-refractivity contribution in [1.82, 2.24) is 15.5 Å². The first kappa shape index (κ1) is 26.5. The first-order valence-corrected chi connectivity index (χ1v) is 9.20. The summed E-state index contributed by atoms with van der Waals surface area (Å²) in [4.78, 5) is 17.6. The number of hydrogen-bond donors (Lipinski definition) is 2. The molecule has 0 radical (unpaired) electrons. The van der Waals surface area contributed by atoms with Gasteiger partial charge in [0.25, 0.3) is 0 Å². The van der Waals surface area contributed by atoms with E-state index in [-0.39, 0.29) is 43.0 Å². The van der Waals surface area contributed by atoms with Gasteiger partial charge in [0, 0.05) is 20.6 Å². The zero-order valence-electron chi connectivity index (χ0n) is 17.5. The minimum Gasteiger partial charge on any atom is -0.497 e. The molecule has 2 aromatic carbocycles. The highest BCUT2D eigenvalue weighted by atomic mass is 127. The van der Waals surface area contributed by atoms with E-state index in [1.54, 1.807) is 27.3 Å². The van der Waals surface area contributed by atoms with Crippen molar-refractivity contribution >= 4 is 35.8 Å². The van der Waals surface area contributed by atoms with Gasteiger partial charge in [-0.25, -0.2) is 4.99 Å². The van der Waals surface area contributed by atoms with E-state index in [1.165, 1.54) is 11.0 Å². The van der Waals surface area contributed by atoms with Crippen molar-refractivity contribution in [2.75, 3.05) is 27.7 Å². The lowest BCUT2D eigenvalue weighted by Crippen LogP contribution is -2.42. The molecular weight excluding hydrogens is 524 g/mol. The van der Waals surface area contributed by atoms with Gasteiger partial charge in [-0.05, 0) is 35.4 Å². The lowest BCUT2D eigenvalue weighted by molar-refractivity contribution is -0.137. The fourth-order valence-corrected chi connectivity index (χ4v) is 2.48. The molecule has 0 saturated carbocycles. The Hall–Kier alpha value is -2.50. The predicted octanol–water partition coefficient (Wildman–Crippen LogP) is 3.66. The topological polar surface area (TPSA) is 66.0 Å². The predicted molar refractivity (Wildman–Crippen MR) is 125 cm³/mol. The van der Waals surface area contributed by atoms with Crippen LogP contribution < -0.4 is 15.4 Å². The molecule has 31 heavy (non-hydrogen) atoms. The molecule has 2 aromatic rings. The molecule has 0 bridgehead atoms. The lowest BCUT2D eigenvalue weighted by atomic mass is 10.1. The Labute approximate surface area is 196 Å². The maximum Gasteiger partial charge on any atom is 0.416 e. The maximum atomic E-state index is 12.9. The van der Waals surface area contributed by atoms with Crippen LogP contribution in [-0.2, 0) is 24.1 Å². The summed E-state index contributed by atoms with van der Waals surface area (Å²) in [5, 5.41) is 6.00. The summed E-state index contributed by atoms with van der Waals surface area (Å²) in [5.41, 5.74) is 0.602. The maximum absolute atomic E-state index is 12.9. The molecule has 2 rings (SSSR count). The number of carbonyl (C=O) groups excluding carboxylic acids is 1. The van der Waals surface area contributed by atoms with Crippen molar-refractivity contribution in [3.05, 3.63) is 65.2 Å². The lowest BCUT2D eigenvalue weighted by Gasteiger charge is -2.15. The third-order valence-corrected chi connectivity index (χ3v) is 4.17. The Morgan fingerprint density at radius 2 is 1.74 bits per heavy atom. The minimum absolute atomic E-state index is 0. The molecule has 0 saturated heterocycles. The Morgan fingerprint density at radius 3 is 2.39 bits per heavy atom. The van der Waals surface area contributed by atoms with Gasteiger partial charge in [0.15, 0.2) is 5.96 Å². The Morgan fingerprint density at radius 1 is 1.06 bits per heavy atom.